The fourth-order valence-electron chi connectivity index (χ4n) is 5.26. The van der Waals surface area contributed by atoms with E-state index in [0.29, 0.717) is 47.4 Å². The van der Waals surface area contributed by atoms with Gasteiger partial charge in [0.25, 0.3) is 14.2 Å². The van der Waals surface area contributed by atoms with Crippen molar-refractivity contribution in [1.29, 1.82) is 0 Å². The lowest BCUT2D eigenvalue weighted by atomic mass is 9.99. The number of carbonyl (C=O) groups is 1. The van der Waals surface area contributed by atoms with Crippen molar-refractivity contribution >= 4 is 14.2 Å². The summed E-state index contributed by atoms with van der Waals surface area (Å²) in [5.74, 6) is 1.52. The van der Waals surface area contributed by atoms with Crippen LogP contribution in [-0.4, -0.2) is 51.0 Å². The summed E-state index contributed by atoms with van der Waals surface area (Å²) in [7, 11) is -0.553. The summed E-state index contributed by atoms with van der Waals surface area (Å²) >= 11 is 0. The molecule has 0 spiro atoms. The Bertz CT molecular complexity index is 777. The van der Waals surface area contributed by atoms with Crippen LogP contribution in [0.2, 0.25) is 16.6 Å². The highest BCUT2D eigenvalue weighted by Gasteiger charge is 2.50. The van der Waals surface area contributed by atoms with Gasteiger partial charge in [-0.2, -0.15) is 0 Å². The molecule has 1 fully saturated rings. The van der Waals surface area contributed by atoms with Crippen LogP contribution in [0.25, 0.3) is 0 Å². The first-order chi connectivity index (χ1) is 14.8. The first-order valence-corrected chi connectivity index (χ1v) is 14.4. The fraction of sp³-hybridized carbons (Fsp3) is 0.731. The summed E-state index contributed by atoms with van der Waals surface area (Å²) in [5, 5.41) is 0. The van der Waals surface area contributed by atoms with Gasteiger partial charge in [-0.15, -0.1) is 0 Å². The number of carbonyl (C=O) groups excluding carboxylic acids is 1. The van der Waals surface area contributed by atoms with Gasteiger partial charge < -0.3 is 18.8 Å². The molecule has 1 unspecified atom stereocenters. The van der Waals surface area contributed by atoms with Crippen molar-refractivity contribution in [3.05, 3.63) is 23.3 Å². The Morgan fingerprint density at radius 2 is 1.50 bits per heavy atom. The van der Waals surface area contributed by atoms with Crippen molar-refractivity contribution < 1.29 is 18.7 Å². The molecule has 6 heteroatoms. The lowest BCUT2D eigenvalue weighted by molar-refractivity contribution is 0.0772. The SMILES string of the molecule is CCN(CC)C(=O)c1cc(OC)c(CC2OC2(C)C)c(O[Si](C(C)C)(C(C)C)C(C)C)c1. The topological polar surface area (TPSA) is 51.3 Å². The van der Waals surface area contributed by atoms with Crippen LogP contribution in [0.4, 0.5) is 0 Å². The summed E-state index contributed by atoms with van der Waals surface area (Å²) < 4.78 is 18.9. The van der Waals surface area contributed by atoms with Crippen molar-refractivity contribution in [2.24, 2.45) is 0 Å². The zero-order valence-corrected chi connectivity index (χ0v) is 23.2. The summed E-state index contributed by atoms with van der Waals surface area (Å²) in [4.78, 5) is 15.1. The van der Waals surface area contributed by atoms with Gasteiger partial charge in [-0.25, -0.2) is 0 Å². The standard InChI is InChI=1S/C26H45NO4Si/c1-12-27(13-2)25(28)20-14-22(29-11)21(16-24-26(9,10)30-24)23(15-20)31-32(17(3)4,18(5)6)19(7)8/h14-15,17-19,24H,12-13,16H2,1-11H3. The van der Waals surface area contributed by atoms with Gasteiger partial charge in [0, 0.05) is 30.6 Å². The van der Waals surface area contributed by atoms with Crippen LogP contribution in [0.15, 0.2) is 12.1 Å². The molecule has 1 amide bonds. The molecule has 5 nitrogen and oxygen atoms in total. The third kappa shape index (κ3) is 5.17. The number of nitrogens with zero attached hydrogens (tertiary/aromatic N) is 1. The number of benzene rings is 1. The molecule has 0 radical (unpaired) electrons. The molecule has 0 aliphatic carbocycles. The maximum absolute atomic E-state index is 13.2. The van der Waals surface area contributed by atoms with E-state index in [1.54, 1.807) is 7.11 Å². The molecule has 2 rings (SSSR count). The zero-order valence-electron chi connectivity index (χ0n) is 22.2. The van der Waals surface area contributed by atoms with Gasteiger partial charge in [0.1, 0.15) is 11.5 Å². The number of epoxide rings is 1. The molecule has 0 aromatic heterocycles. The molecule has 0 N–H and O–H groups in total. The van der Waals surface area contributed by atoms with Gasteiger partial charge in [0.05, 0.1) is 18.8 Å². The second-order valence-corrected chi connectivity index (χ2v) is 15.8. The van der Waals surface area contributed by atoms with Crippen molar-refractivity contribution in [2.45, 2.75) is 104 Å². The van der Waals surface area contributed by atoms with E-state index in [1.165, 1.54) is 0 Å². The zero-order chi connectivity index (χ0) is 24.4. The second-order valence-electron chi connectivity index (χ2n) is 10.5. The van der Waals surface area contributed by atoms with Crippen molar-refractivity contribution in [3.8, 4) is 11.5 Å². The number of ether oxygens (including phenoxy) is 2. The summed E-state index contributed by atoms with van der Waals surface area (Å²) in [6.45, 7) is 23.2. The maximum atomic E-state index is 13.2. The molecule has 1 aromatic rings. The Kier molecular flexibility index (Phi) is 8.49. The van der Waals surface area contributed by atoms with Crippen LogP contribution in [0, 0.1) is 0 Å². The Morgan fingerprint density at radius 1 is 1.03 bits per heavy atom. The minimum Gasteiger partial charge on any atom is -0.542 e. The molecule has 1 saturated heterocycles. The molecule has 1 heterocycles. The smallest absolute Gasteiger partial charge is 0.258 e. The average molecular weight is 464 g/mol. The summed E-state index contributed by atoms with van der Waals surface area (Å²) in [5.41, 5.74) is 2.78. The van der Waals surface area contributed by atoms with E-state index in [1.807, 2.05) is 30.9 Å². The van der Waals surface area contributed by atoms with Crippen LogP contribution >= 0.6 is 0 Å². The number of hydrogen-bond donors (Lipinski definition) is 0. The van der Waals surface area contributed by atoms with Gasteiger partial charge in [-0.3, -0.25) is 4.79 Å². The van der Waals surface area contributed by atoms with Crippen LogP contribution in [-0.2, 0) is 11.2 Å². The monoisotopic (exact) mass is 463 g/mol. The second kappa shape index (κ2) is 10.2. The molecule has 32 heavy (non-hydrogen) atoms. The fourth-order valence-corrected chi connectivity index (χ4v) is 10.5. The van der Waals surface area contributed by atoms with Gasteiger partial charge in [0.2, 0.25) is 0 Å². The van der Waals surface area contributed by atoms with Crippen LogP contribution in [0.1, 0.15) is 85.2 Å². The molecular weight excluding hydrogens is 418 g/mol. The first kappa shape index (κ1) is 26.7. The normalized spacial score (nSPS) is 17.8. The van der Waals surface area contributed by atoms with E-state index in [2.05, 4.69) is 55.4 Å². The Morgan fingerprint density at radius 3 is 1.88 bits per heavy atom. The third-order valence-electron chi connectivity index (χ3n) is 7.23. The molecule has 1 atom stereocenters. The maximum Gasteiger partial charge on any atom is 0.258 e. The molecule has 1 aliphatic heterocycles. The number of methoxy groups -OCH3 is 1. The predicted molar refractivity (Wildman–Crippen MR) is 135 cm³/mol. The van der Waals surface area contributed by atoms with Crippen LogP contribution < -0.4 is 9.16 Å². The minimum absolute atomic E-state index is 0.0126. The van der Waals surface area contributed by atoms with Gasteiger partial charge >= 0.3 is 0 Å². The van der Waals surface area contributed by atoms with E-state index in [0.717, 1.165) is 11.3 Å². The molecule has 1 aliphatic rings. The number of rotatable bonds is 11. The van der Waals surface area contributed by atoms with Crippen molar-refractivity contribution in [2.75, 3.05) is 20.2 Å². The third-order valence-corrected chi connectivity index (χ3v) is 13.2. The van der Waals surface area contributed by atoms with Crippen LogP contribution in [0.3, 0.4) is 0 Å². The van der Waals surface area contributed by atoms with Gasteiger partial charge in [-0.05, 0) is 56.5 Å². The largest absolute Gasteiger partial charge is 0.542 e. The number of amides is 1. The Hall–Kier alpha value is -1.53. The highest BCUT2D eigenvalue weighted by molar-refractivity contribution is 6.78. The van der Waals surface area contributed by atoms with E-state index in [9.17, 15) is 4.79 Å². The highest BCUT2D eigenvalue weighted by atomic mass is 28.4. The van der Waals surface area contributed by atoms with E-state index < -0.39 is 8.32 Å². The molecule has 1 aromatic carbocycles. The Labute approximate surface area is 196 Å². The van der Waals surface area contributed by atoms with Gasteiger partial charge in [-0.1, -0.05) is 41.5 Å². The van der Waals surface area contributed by atoms with Crippen molar-refractivity contribution in [1.82, 2.24) is 4.90 Å². The molecule has 182 valence electrons. The molecule has 0 saturated carbocycles. The quantitative estimate of drug-likeness (QED) is 0.279. The number of hydrogen-bond acceptors (Lipinski definition) is 4. The van der Waals surface area contributed by atoms with E-state index in [-0.39, 0.29) is 17.6 Å². The molecular formula is C26H45NO4Si. The Balaban J connectivity index is 2.66. The van der Waals surface area contributed by atoms with E-state index >= 15 is 0 Å². The van der Waals surface area contributed by atoms with Gasteiger partial charge in [0.15, 0.2) is 0 Å². The van der Waals surface area contributed by atoms with Crippen LogP contribution in [0.5, 0.6) is 11.5 Å². The van der Waals surface area contributed by atoms with E-state index in [4.69, 9.17) is 13.9 Å². The first-order valence-electron chi connectivity index (χ1n) is 12.2. The average Bonchev–Trinajstić information content (AvgIpc) is 3.32. The minimum atomic E-state index is -2.22. The summed E-state index contributed by atoms with van der Waals surface area (Å²) in [6, 6.07) is 3.84. The molecule has 0 bridgehead atoms. The van der Waals surface area contributed by atoms with Crippen molar-refractivity contribution in [3.63, 3.8) is 0 Å². The lowest BCUT2D eigenvalue weighted by Gasteiger charge is -2.43. The summed E-state index contributed by atoms with van der Waals surface area (Å²) in [6.07, 6.45) is 0.834. The lowest BCUT2D eigenvalue weighted by Crippen LogP contribution is -2.51. The highest BCUT2D eigenvalue weighted by Crippen LogP contribution is 2.47. The predicted octanol–water partition coefficient (Wildman–Crippen LogP) is 6.45.